The number of nitrogens with two attached hydrogens (primary N) is 1. The van der Waals surface area contributed by atoms with Gasteiger partial charge in [-0.2, -0.15) is 16.3 Å². The van der Waals surface area contributed by atoms with Crippen LogP contribution >= 0.6 is 11.3 Å². The van der Waals surface area contributed by atoms with Crippen LogP contribution in [0.4, 0.5) is 0 Å². The van der Waals surface area contributed by atoms with Crippen molar-refractivity contribution in [3.05, 3.63) is 22.7 Å². The Bertz CT molecular complexity index is 482. The second kappa shape index (κ2) is 4.23. The van der Waals surface area contributed by atoms with Crippen molar-refractivity contribution in [3.8, 4) is 11.4 Å². The van der Waals surface area contributed by atoms with Crippen molar-refractivity contribution in [2.75, 3.05) is 6.54 Å². The van der Waals surface area contributed by atoms with Gasteiger partial charge in [0.25, 0.3) is 0 Å². The molecule has 0 radical (unpaired) electrons. The Labute approximate surface area is 104 Å². The summed E-state index contributed by atoms with van der Waals surface area (Å²) in [6.07, 6.45) is 4.45. The van der Waals surface area contributed by atoms with Gasteiger partial charge >= 0.3 is 0 Å². The van der Waals surface area contributed by atoms with E-state index in [1.807, 2.05) is 16.8 Å². The maximum absolute atomic E-state index is 5.83. The summed E-state index contributed by atoms with van der Waals surface area (Å²) in [4.78, 5) is 4.44. The number of hydrogen-bond donors (Lipinski definition) is 1. The maximum Gasteiger partial charge on any atom is 0.227 e. The Hall–Kier alpha value is -1.20. The van der Waals surface area contributed by atoms with Gasteiger partial charge in [0, 0.05) is 17.4 Å². The highest BCUT2D eigenvalue weighted by Crippen LogP contribution is 2.42. The summed E-state index contributed by atoms with van der Waals surface area (Å²) < 4.78 is 5.31. The predicted molar refractivity (Wildman–Crippen MR) is 66.7 cm³/mol. The van der Waals surface area contributed by atoms with E-state index in [9.17, 15) is 0 Å². The Morgan fingerprint density at radius 3 is 2.94 bits per heavy atom. The third-order valence-corrected chi connectivity index (χ3v) is 4.30. The molecule has 2 heterocycles. The molecule has 17 heavy (non-hydrogen) atoms. The third-order valence-electron chi connectivity index (χ3n) is 3.62. The second-order valence-electron chi connectivity index (χ2n) is 4.76. The lowest BCUT2D eigenvalue weighted by atomic mass is 9.67. The molecule has 2 aromatic heterocycles. The fourth-order valence-corrected chi connectivity index (χ4v) is 2.92. The molecule has 5 heteroatoms. The van der Waals surface area contributed by atoms with Crippen LogP contribution in [0.25, 0.3) is 11.4 Å². The summed E-state index contributed by atoms with van der Waals surface area (Å²) in [7, 11) is 0. The van der Waals surface area contributed by atoms with Crippen molar-refractivity contribution in [3.63, 3.8) is 0 Å². The SMILES string of the molecule is NCC1(Cc2nc(-c3ccsc3)no2)CCC1. The zero-order valence-electron chi connectivity index (χ0n) is 9.56. The van der Waals surface area contributed by atoms with E-state index in [0.717, 1.165) is 17.9 Å². The van der Waals surface area contributed by atoms with E-state index >= 15 is 0 Å². The van der Waals surface area contributed by atoms with Gasteiger partial charge in [0.15, 0.2) is 0 Å². The number of thiophene rings is 1. The molecular weight excluding hydrogens is 234 g/mol. The van der Waals surface area contributed by atoms with Gasteiger partial charge in [0.1, 0.15) is 0 Å². The van der Waals surface area contributed by atoms with Gasteiger partial charge < -0.3 is 10.3 Å². The van der Waals surface area contributed by atoms with Crippen LogP contribution in [0, 0.1) is 5.41 Å². The number of nitrogens with zero attached hydrogens (tertiary/aromatic N) is 2. The fraction of sp³-hybridized carbons (Fsp3) is 0.500. The van der Waals surface area contributed by atoms with Crippen molar-refractivity contribution < 1.29 is 4.52 Å². The minimum atomic E-state index is 0.221. The van der Waals surface area contributed by atoms with Gasteiger partial charge in [0.2, 0.25) is 11.7 Å². The first kappa shape index (κ1) is 10.9. The standard InChI is InChI=1S/C12H15N3OS/c13-8-12(3-1-4-12)6-10-14-11(15-16-10)9-2-5-17-7-9/h2,5,7H,1,3-4,6,8,13H2. The Balaban J connectivity index is 1.77. The molecule has 1 saturated carbocycles. The molecule has 0 atom stereocenters. The highest BCUT2D eigenvalue weighted by atomic mass is 32.1. The van der Waals surface area contributed by atoms with E-state index in [4.69, 9.17) is 10.3 Å². The number of aromatic nitrogens is 2. The molecule has 90 valence electrons. The average Bonchev–Trinajstić information content (AvgIpc) is 2.94. The van der Waals surface area contributed by atoms with Crippen molar-refractivity contribution in [2.24, 2.45) is 11.1 Å². The molecule has 2 aromatic rings. The molecule has 0 aliphatic heterocycles. The van der Waals surface area contributed by atoms with Gasteiger partial charge in [-0.15, -0.1) is 0 Å². The highest BCUT2D eigenvalue weighted by Gasteiger charge is 2.37. The summed E-state index contributed by atoms with van der Waals surface area (Å²) >= 11 is 1.64. The minimum absolute atomic E-state index is 0.221. The van der Waals surface area contributed by atoms with Gasteiger partial charge in [0.05, 0.1) is 0 Å². The Morgan fingerprint density at radius 2 is 2.35 bits per heavy atom. The largest absolute Gasteiger partial charge is 0.339 e. The van der Waals surface area contributed by atoms with Gasteiger partial charge in [-0.3, -0.25) is 0 Å². The van der Waals surface area contributed by atoms with Crippen LogP contribution in [0.2, 0.25) is 0 Å². The molecule has 1 fully saturated rings. The lowest BCUT2D eigenvalue weighted by Gasteiger charge is -2.39. The monoisotopic (exact) mass is 249 g/mol. The summed E-state index contributed by atoms with van der Waals surface area (Å²) in [5.41, 5.74) is 7.08. The molecule has 2 N–H and O–H groups in total. The van der Waals surface area contributed by atoms with Crippen molar-refractivity contribution in [2.45, 2.75) is 25.7 Å². The average molecular weight is 249 g/mol. The highest BCUT2D eigenvalue weighted by molar-refractivity contribution is 7.08. The van der Waals surface area contributed by atoms with E-state index < -0.39 is 0 Å². The van der Waals surface area contributed by atoms with Crippen LogP contribution < -0.4 is 5.73 Å². The minimum Gasteiger partial charge on any atom is -0.339 e. The molecule has 1 aliphatic rings. The maximum atomic E-state index is 5.83. The molecule has 0 aromatic carbocycles. The summed E-state index contributed by atoms with van der Waals surface area (Å²) in [5, 5.41) is 8.05. The van der Waals surface area contributed by atoms with Crippen LogP contribution in [-0.2, 0) is 6.42 Å². The summed E-state index contributed by atoms with van der Waals surface area (Å²) in [6, 6.07) is 2.00. The van der Waals surface area contributed by atoms with E-state index in [0.29, 0.717) is 12.4 Å². The van der Waals surface area contributed by atoms with E-state index in [2.05, 4.69) is 10.1 Å². The van der Waals surface area contributed by atoms with Crippen molar-refractivity contribution in [1.82, 2.24) is 10.1 Å². The first-order valence-corrected chi connectivity index (χ1v) is 6.81. The third kappa shape index (κ3) is 2.00. The van der Waals surface area contributed by atoms with Gasteiger partial charge in [-0.1, -0.05) is 11.6 Å². The molecule has 0 unspecified atom stereocenters. The molecule has 0 saturated heterocycles. The first-order valence-electron chi connectivity index (χ1n) is 5.87. The summed E-state index contributed by atoms with van der Waals surface area (Å²) in [6.45, 7) is 0.711. The molecule has 0 spiro atoms. The summed E-state index contributed by atoms with van der Waals surface area (Å²) in [5.74, 6) is 1.41. The molecular formula is C12H15N3OS. The molecule has 0 amide bonds. The van der Waals surface area contributed by atoms with E-state index in [-0.39, 0.29) is 5.41 Å². The van der Waals surface area contributed by atoms with Crippen molar-refractivity contribution >= 4 is 11.3 Å². The Morgan fingerprint density at radius 1 is 1.47 bits per heavy atom. The topological polar surface area (TPSA) is 64.9 Å². The molecule has 0 bridgehead atoms. The Kier molecular flexibility index (Phi) is 2.72. The smallest absolute Gasteiger partial charge is 0.227 e. The van der Waals surface area contributed by atoms with Gasteiger partial charge in [-0.25, -0.2) is 0 Å². The van der Waals surface area contributed by atoms with Gasteiger partial charge in [-0.05, 0) is 36.2 Å². The van der Waals surface area contributed by atoms with Crippen molar-refractivity contribution in [1.29, 1.82) is 0 Å². The molecule has 4 nitrogen and oxygen atoms in total. The second-order valence-corrected chi connectivity index (χ2v) is 5.54. The zero-order chi connectivity index (χ0) is 11.7. The fourth-order valence-electron chi connectivity index (χ4n) is 2.29. The van der Waals surface area contributed by atoms with Crippen LogP contribution in [0.3, 0.4) is 0 Å². The normalized spacial score (nSPS) is 17.9. The van der Waals surface area contributed by atoms with Crippen LogP contribution in [0.1, 0.15) is 25.2 Å². The first-order chi connectivity index (χ1) is 8.31. The van der Waals surface area contributed by atoms with Crippen LogP contribution in [-0.4, -0.2) is 16.7 Å². The van der Waals surface area contributed by atoms with Crippen LogP contribution in [0.5, 0.6) is 0 Å². The van der Waals surface area contributed by atoms with Crippen LogP contribution in [0.15, 0.2) is 21.3 Å². The lowest BCUT2D eigenvalue weighted by Crippen LogP contribution is -2.39. The molecule has 3 rings (SSSR count). The van der Waals surface area contributed by atoms with E-state index in [1.165, 1.54) is 19.3 Å². The number of hydrogen-bond acceptors (Lipinski definition) is 5. The molecule has 1 aliphatic carbocycles. The van der Waals surface area contributed by atoms with E-state index in [1.54, 1.807) is 11.3 Å². The lowest BCUT2D eigenvalue weighted by molar-refractivity contribution is 0.129. The zero-order valence-corrected chi connectivity index (χ0v) is 10.4. The predicted octanol–water partition coefficient (Wildman–Crippen LogP) is 2.47. The quantitative estimate of drug-likeness (QED) is 0.904. The number of rotatable bonds is 4.